The number of benzene rings is 1. The van der Waals surface area contributed by atoms with Crippen LogP contribution in [0.3, 0.4) is 0 Å². The van der Waals surface area contributed by atoms with Gasteiger partial charge in [0, 0.05) is 5.56 Å². The third-order valence-electron chi connectivity index (χ3n) is 3.97. The van der Waals surface area contributed by atoms with Gasteiger partial charge in [-0.1, -0.05) is 53.2 Å². The number of methoxy groups -OCH3 is 1. The number of ether oxygens (including phenoxy) is 1. The van der Waals surface area contributed by atoms with E-state index in [1.807, 2.05) is 26.0 Å². The number of esters is 1. The average Bonchev–Trinajstić information content (AvgIpc) is 2.50. The molecule has 0 radical (unpaired) electrons. The molecule has 1 N–H and O–H groups in total. The van der Waals surface area contributed by atoms with E-state index in [2.05, 4.69) is 26.1 Å². The molecule has 0 saturated heterocycles. The van der Waals surface area contributed by atoms with Crippen molar-refractivity contribution in [3.05, 3.63) is 35.4 Å². The fourth-order valence-corrected chi connectivity index (χ4v) is 2.14. The topological polar surface area (TPSA) is 55.4 Å². The highest BCUT2D eigenvalue weighted by Crippen LogP contribution is 2.22. The van der Waals surface area contributed by atoms with Crippen LogP contribution in [0, 0.1) is 5.92 Å². The molecule has 2 atom stereocenters. The zero-order chi connectivity index (χ0) is 16.9. The number of nitrogens with one attached hydrogen (secondary N) is 1. The largest absolute Gasteiger partial charge is 0.467 e. The van der Waals surface area contributed by atoms with Gasteiger partial charge in [0.2, 0.25) is 0 Å². The van der Waals surface area contributed by atoms with Crippen LogP contribution in [-0.4, -0.2) is 25.0 Å². The molecular weight excluding hydrogens is 278 g/mol. The van der Waals surface area contributed by atoms with E-state index >= 15 is 0 Å². The van der Waals surface area contributed by atoms with E-state index in [1.54, 1.807) is 12.1 Å². The van der Waals surface area contributed by atoms with E-state index in [0.29, 0.717) is 5.56 Å². The fraction of sp³-hybridized carbons (Fsp3) is 0.556. The molecule has 1 amide bonds. The Labute approximate surface area is 133 Å². The smallest absolute Gasteiger partial charge is 0.328 e. The minimum atomic E-state index is -0.621. The summed E-state index contributed by atoms with van der Waals surface area (Å²) >= 11 is 0. The lowest BCUT2D eigenvalue weighted by Crippen LogP contribution is -2.45. The predicted molar refractivity (Wildman–Crippen MR) is 87.9 cm³/mol. The Bertz CT molecular complexity index is 514. The Hall–Kier alpha value is -1.84. The molecule has 0 spiro atoms. The molecule has 22 heavy (non-hydrogen) atoms. The lowest BCUT2D eigenvalue weighted by molar-refractivity contribution is -0.144. The summed E-state index contributed by atoms with van der Waals surface area (Å²) in [5.41, 5.74) is 1.75. The number of carbonyl (C=O) groups is 2. The summed E-state index contributed by atoms with van der Waals surface area (Å²) in [5, 5.41) is 2.78. The summed E-state index contributed by atoms with van der Waals surface area (Å²) in [4.78, 5) is 24.2. The number of rotatable bonds is 5. The molecule has 4 heteroatoms. The first-order chi connectivity index (χ1) is 10.2. The van der Waals surface area contributed by atoms with Crippen molar-refractivity contribution in [3.8, 4) is 0 Å². The average molecular weight is 305 g/mol. The maximum absolute atomic E-state index is 12.3. The second-order valence-corrected chi connectivity index (χ2v) is 6.69. The third kappa shape index (κ3) is 4.58. The highest BCUT2D eigenvalue weighted by molar-refractivity contribution is 5.96. The Morgan fingerprint density at radius 2 is 1.73 bits per heavy atom. The molecule has 4 nitrogen and oxygen atoms in total. The van der Waals surface area contributed by atoms with Gasteiger partial charge in [0.25, 0.3) is 5.91 Å². The normalized spacial score (nSPS) is 14.1. The molecule has 0 heterocycles. The molecule has 0 aliphatic carbocycles. The van der Waals surface area contributed by atoms with Crippen molar-refractivity contribution < 1.29 is 14.3 Å². The van der Waals surface area contributed by atoms with Crippen LogP contribution in [0.5, 0.6) is 0 Å². The summed E-state index contributed by atoms with van der Waals surface area (Å²) in [5.74, 6) is -0.643. The van der Waals surface area contributed by atoms with Gasteiger partial charge < -0.3 is 10.1 Å². The van der Waals surface area contributed by atoms with Gasteiger partial charge in [-0.2, -0.15) is 0 Å². The molecule has 0 saturated carbocycles. The highest BCUT2D eigenvalue weighted by atomic mass is 16.5. The standard InChI is InChI=1S/C18H27NO3/c1-7-12(2)15(17(21)22-6)19-16(20)13-8-10-14(11-9-13)18(3,4)5/h8-12,15H,7H2,1-6H3,(H,19,20)/t12-,15+/m0/s1. The van der Waals surface area contributed by atoms with Crippen LogP contribution in [0.4, 0.5) is 0 Å². The van der Waals surface area contributed by atoms with E-state index in [0.717, 1.165) is 12.0 Å². The SMILES string of the molecule is CC[C@H](C)[C@@H](NC(=O)c1ccc(C(C)(C)C)cc1)C(=O)OC. The number of hydrogen-bond donors (Lipinski definition) is 1. The first kappa shape index (κ1) is 18.2. The summed E-state index contributed by atoms with van der Waals surface area (Å²) in [6.07, 6.45) is 0.781. The zero-order valence-corrected chi connectivity index (χ0v) is 14.4. The second kappa shape index (κ2) is 7.43. The molecule has 1 aromatic carbocycles. The molecular formula is C18H27NO3. The summed E-state index contributed by atoms with van der Waals surface area (Å²) < 4.78 is 4.78. The zero-order valence-electron chi connectivity index (χ0n) is 14.4. The maximum atomic E-state index is 12.3. The molecule has 0 aromatic heterocycles. The molecule has 0 aliphatic rings. The molecule has 0 bridgehead atoms. The molecule has 1 aromatic rings. The van der Waals surface area contributed by atoms with Gasteiger partial charge >= 0.3 is 5.97 Å². The third-order valence-corrected chi connectivity index (χ3v) is 3.97. The first-order valence-corrected chi connectivity index (χ1v) is 7.70. The minimum Gasteiger partial charge on any atom is -0.467 e. The van der Waals surface area contributed by atoms with Crippen molar-refractivity contribution in [1.29, 1.82) is 0 Å². The molecule has 0 aliphatic heterocycles. The first-order valence-electron chi connectivity index (χ1n) is 7.70. The lowest BCUT2D eigenvalue weighted by Gasteiger charge is -2.22. The second-order valence-electron chi connectivity index (χ2n) is 6.69. The van der Waals surface area contributed by atoms with Crippen molar-refractivity contribution >= 4 is 11.9 Å². The van der Waals surface area contributed by atoms with Gasteiger partial charge in [0.15, 0.2) is 0 Å². The van der Waals surface area contributed by atoms with Crippen molar-refractivity contribution in [2.24, 2.45) is 5.92 Å². The van der Waals surface area contributed by atoms with Crippen LogP contribution < -0.4 is 5.32 Å². The fourth-order valence-electron chi connectivity index (χ4n) is 2.14. The summed E-state index contributed by atoms with van der Waals surface area (Å²) in [6, 6.07) is 6.86. The minimum absolute atomic E-state index is 0.0187. The van der Waals surface area contributed by atoms with E-state index < -0.39 is 12.0 Å². The van der Waals surface area contributed by atoms with Crippen LogP contribution in [0.25, 0.3) is 0 Å². The van der Waals surface area contributed by atoms with Crippen LogP contribution in [-0.2, 0) is 14.9 Å². The Kier molecular flexibility index (Phi) is 6.15. The van der Waals surface area contributed by atoms with Gasteiger partial charge in [-0.25, -0.2) is 4.79 Å². The molecule has 0 unspecified atom stereocenters. The predicted octanol–water partition coefficient (Wildman–Crippen LogP) is 3.30. The Balaban J connectivity index is 2.88. The van der Waals surface area contributed by atoms with Gasteiger partial charge in [0.05, 0.1) is 7.11 Å². The molecule has 0 fully saturated rings. The van der Waals surface area contributed by atoms with Crippen LogP contribution in [0.1, 0.15) is 57.0 Å². The van der Waals surface area contributed by atoms with Gasteiger partial charge in [-0.3, -0.25) is 4.79 Å². The Morgan fingerprint density at radius 1 is 1.18 bits per heavy atom. The van der Waals surface area contributed by atoms with Gasteiger partial charge in [-0.15, -0.1) is 0 Å². The van der Waals surface area contributed by atoms with Crippen LogP contribution in [0.2, 0.25) is 0 Å². The summed E-state index contributed by atoms with van der Waals surface area (Å²) in [6.45, 7) is 10.3. The van der Waals surface area contributed by atoms with Crippen molar-refractivity contribution in [2.45, 2.75) is 52.5 Å². The van der Waals surface area contributed by atoms with E-state index in [4.69, 9.17) is 4.74 Å². The van der Waals surface area contributed by atoms with Crippen LogP contribution >= 0.6 is 0 Å². The number of hydrogen-bond acceptors (Lipinski definition) is 3. The molecule has 1 rings (SSSR count). The van der Waals surface area contributed by atoms with Crippen molar-refractivity contribution in [3.63, 3.8) is 0 Å². The van der Waals surface area contributed by atoms with E-state index in [1.165, 1.54) is 7.11 Å². The maximum Gasteiger partial charge on any atom is 0.328 e. The van der Waals surface area contributed by atoms with Gasteiger partial charge in [-0.05, 0) is 29.0 Å². The summed E-state index contributed by atoms with van der Waals surface area (Å²) in [7, 11) is 1.34. The van der Waals surface area contributed by atoms with Crippen molar-refractivity contribution in [2.75, 3.05) is 7.11 Å². The monoisotopic (exact) mass is 305 g/mol. The quantitative estimate of drug-likeness (QED) is 0.849. The van der Waals surface area contributed by atoms with Crippen molar-refractivity contribution in [1.82, 2.24) is 5.32 Å². The lowest BCUT2D eigenvalue weighted by atomic mass is 9.86. The highest BCUT2D eigenvalue weighted by Gasteiger charge is 2.27. The number of amides is 1. The number of carbonyl (C=O) groups excluding carboxylic acids is 2. The van der Waals surface area contributed by atoms with E-state index in [9.17, 15) is 9.59 Å². The van der Waals surface area contributed by atoms with Crippen LogP contribution in [0.15, 0.2) is 24.3 Å². The van der Waals surface area contributed by atoms with E-state index in [-0.39, 0.29) is 17.2 Å². The van der Waals surface area contributed by atoms with Gasteiger partial charge in [0.1, 0.15) is 6.04 Å². The molecule has 122 valence electrons. The Morgan fingerprint density at radius 3 is 2.14 bits per heavy atom.